The number of anilines is 1. The van der Waals surface area contributed by atoms with Crippen LogP contribution in [0.25, 0.3) is 0 Å². The second-order valence-electron chi connectivity index (χ2n) is 7.72. The Morgan fingerprint density at radius 1 is 1.26 bits per heavy atom. The van der Waals surface area contributed by atoms with Gasteiger partial charge in [0.2, 0.25) is 5.91 Å². The number of hydrogen-bond donors (Lipinski definition) is 3. The van der Waals surface area contributed by atoms with Gasteiger partial charge >= 0.3 is 6.09 Å². The van der Waals surface area contributed by atoms with Crippen LogP contribution in [0.5, 0.6) is 0 Å². The molecule has 0 saturated carbocycles. The molecule has 1 fully saturated rings. The van der Waals surface area contributed by atoms with Crippen LogP contribution in [0.1, 0.15) is 39.2 Å². The Morgan fingerprint density at radius 3 is 2.48 bits per heavy atom. The highest BCUT2D eigenvalue weighted by atomic mass is 16.6. The molecule has 0 atom stereocenters. The molecule has 27 heavy (non-hydrogen) atoms. The van der Waals surface area contributed by atoms with E-state index in [2.05, 4.69) is 25.7 Å². The number of aromatic nitrogens is 2. The van der Waals surface area contributed by atoms with Gasteiger partial charge in [0.05, 0.1) is 0 Å². The van der Waals surface area contributed by atoms with Gasteiger partial charge in [0.25, 0.3) is 5.56 Å². The number of H-pyrrole nitrogens is 1. The molecule has 150 valence electrons. The molecule has 3 N–H and O–H groups in total. The molecular formula is C18H29N5O4. The van der Waals surface area contributed by atoms with Gasteiger partial charge in [-0.1, -0.05) is 0 Å². The first kappa shape index (κ1) is 20.7. The molecule has 0 aliphatic carbocycles. The fraction of sp³-hybridized carbons (Fsp3) is 0.667. The molecule has 2 rings (SSSR count). The third kappa shape index (κ3) is 6.58. The van der Waals surface area contributed by atoms with Gasteiger partial charge in [-0.3, -0.25) is 9.59 Å². The van der Waals surface area contributed by atoms with Crippen molar-refractivity contribution in [1.29, 1.82) is 0 Å². The number of ether oxygens (including phenoxy) is 1. The van der Waals surface area contributed by atoms with E-state index in [4.69, 9.17) is 4.74 Å². The molecule has 9 nitrogen and oxygen atoms in total. The number of nitrogens with one attached hydrogen (secondary N) is 3. The second kappa shape index (κ2) is 8.88. The van der Waals surface area contributed by atoms with Crippen LogP contribution < -0.4 is 21.1 Å². The van der Waals surface area contributed by atoms with Crippen LogP contribution in [0.2, 0.25) is 0 Å². The lowest BCUT2D eigenvalue weighted by atomic mass is 9.95. The maximum Gasteiger partial charge on any atom is 0.407 e. The lowest BCUT2D eigenvalue weighted by Gasteiger charge is -2.32. The van der Waals surface area contributed by atoms with Crippen molar-refractivity contribution in [2.24, 2.45) is 5.92 Å². The predicted octanol–water partition coefficient (Wildman–Crippen LogP) is 0.936. The molecule has 1 aliphatic heterocycles. The highest BCUT2D eigenvalue weighted by Gasteiger charge is 2.26. The minimum Gasteiger partial charge on any atom is -0.444 e. The summed E-state index contributed by atoms with van der Waals surface area (Å²) in [5.41, 5.74) is 0.0701. The van der Waals surface area contributed by atoms with Crippen molar-refractivity contribution in [2.45, 2.75) is 46.1 Å². The second-order valence-corrected chi connectivity index (χ2v) is 7.72. The molecule has 1 aliphatic rings. The number of carbonyl (C=O) groups excluding carboxylic acids is 2. The molecule has 9 heteroatoms. The zero-order chi connectivity index (χ0) is 20.0. The minimum atomic E-state index is -0.541. The lowest BCUT2D eigenvalue weighted by Crippen LogP contribution is -2.43. The molecule has 0 bridgehead atoms. The summed E-state index contributed by atoms with van der Waals surface area (Å²) >= 11 is 0. The largest absolute Gasteiger partial charge is 0.444 e. The molecule has 1 aromatic heterocycles. The van der Waals surface area contributed by atoms with Crippen LogP contribution in [0.4, 0.5) is 10.6 Å². The summed E-state index contributed by atoms with van der Waals surface area (Å²) in [5.74, 6) is 0.688. The average molecular weight is 379 g/mol. The van der Waals surface area contributed by atoms with Gasteiger partial charge in [-0.15, -0.1) is 0 Å². The number of aryl methyl sites for hydroxylation is 1. The number of alkyl carbamates (subject to hydrolysis) is 1. The summed E-state index contributed by atoms with van der Waals surface area (Å²) in [6, 6.07) is 1.53. The quantitative estimate of drug-likeness (QED) is 0.656. The third-order valence-electron chi connectivity index (χ3n) is 4.23. The molecular weight excluding hydrogens is 350 g/mol. The number of carbonyl (C=O) groups is 2. The molecule has 2 amide bonds. The molecule has 0 radical (unpaired) electrons. The van der Waals surface area contributed by atoms with Crippen LogP contribution >= 0.6 is 0 Å². The SMILES string of the molecule is Cc1cc(=O)[nH]nc1N1CCC(C(=O)NCCNC(=O)OC(C)(C)C)CC1. The Labute approximate surface area is 158 Å². The summed E-state index contributed by atoms with van der Waals surface area (Å²) in [6.45, 7) is 9.33. The van der Waals surface area contributed by atoms with Gasteiger partial charge in [0, 0.05) is 38.2 Å². The Morgan fingerprint density at radius 2 is 1.89 bits per heavy atom. The van der Waals surface area contributed by atoms with Crippen molar-refractivity contribution in [3.05, 3.63) is 22.0 Å². The van der Waals surface area contributed by atoms with Gasteiger partial charge in [0.15, 0.2) is 5.82 Å². The van der Waals surface area contributed by atoms with E-state index < -0.39 is 11.7 Å². The summed E-state index contributed by atoms with van der Waals surface area (Å²) in [6.07, 6.45) is 0.936. The Bertz CT molecular complexity index is 717. The van der Waals surface area contributed by atoms with Crippen molar-refractivity contribution in [3.63, 3.8) is 0 Å². The standard InChI is InChI=1S/C18H29N5O4/c1-12-11-14(24)21-22-15(12)23-9-5-13(6-10-23)16(25)19-7-8-20-17(26)27-18(2,3)4/h11,13H,5-10H2,1-4H3,(H,19,25)(H,20,26)(H,21,24). The summed E-state index contributed by atoms with van der Waals surface area (Å²) in [4.78, 5) is 37.2. The van der Waals surface area contributed by atoms with Crippen molar-refractivity contribution in [1.82, 2.24) is 20.8 Å². The van der Waals surface area contributed by atoms with Crippen LogP contribution in [-0.2, 0) is 9.53 Å². The first-order chi connectivity index (χ1) is 12.7. The van der Waals surface area contributed by atoms with E-state index in [0.29, 0.717) is 39.0 Å². The monoisotopic (exact) mass is 379 g/mol. The maximum absolute atomic E-state index is 12.3. The smallest absolute Gasteiger partial charge is 0.407 e. The predicted molar refractivity (Wildman–Crippen MR) is 102 cm³/mol. The topological polar surface area (TPSA) is 116 Å². The average Bonchev–Trinajstić information content (AvgIpc) is 2.57. The maximum atomic E-state index is 12.3. The Hall–Kier alpha value is -2.58. The van der Waals surface area contributed by atoms with E-state index in [1.54, 1.807) is 20.8 Å². The van der Waals surface area contributed by atoms with Gasteiger partial charge < -0.3 is 20.3 Å². The van der Waals surface area contributed by atoms with Crippen molar-refractivity contribution in [2.75, 3.05) is 31.1 Å². The zero-order valence-corrected chi connectivity index (χ0v) is 16.4. The molecule has 2 heterocycles. The first-order valence-electron chi connectivity index (χ1n) is 9.21. The van der Waals surface area contributed by atoms with Crippen LogP contribution in [0, 0.1) is 12.8 Å². The van der Waals surface area contributed by atoms with Crippen molar-refractivity contribution < 1.29 is 14.3 Å². The number of rotatable bonds is 5. The van der Waals surface area contributed by atoms with Gasteiger partial charge in [-0.05, 0) is 46.1 Å². The molecule has 0 aromatic carbocycles. The van der Waals surface area contributed by atoms with Gasteiger partial charge in [-0.25, -0.2) is 9.89 Å². The normalized spacial score (nSPS) is 15.3. The Balaban J connectivity index is 1.70. The lowest BCUT2D eigenvalue weighted by molar-refractivity contribution is -0.125. The fourth-order valence-corrected chi connectivity index (χ4v) is 2.97. The third-order valence-corrected chi connectivity index (χ3v) is 4.23. The highest BCUT2D eigenvalue weighted by molar-refractivity contribution is 5.79. The van der Waals surface area contributed by atoms with E-state index in [0.717, 1.165) is 11.4 Å². The van der Waals surface area contributed by atoms with E-state index in [-0.39, 0.29) is 17.4 Å². The number of piperidine rings is 1. The van der Waals surface area contributed by atoms with Crippen LogP contribution in [-0.4, -0.2) is 54.0 Å². The van der Waals surface area contributed by atoms with Crippen molar-refractivity contribution >= 4 is 17.8 Å². The first-order valence-corrected chi connectivity index (χ1v) is 9.21. The molecule has 0 unspecified atom stereocenters. The van der Waals surface area contributed by atoms with Gasteiger partial charge in [-0.2, -0.15) is 5.10 Å². The molecule has 1 aromatic rings. The number of aromatic amines is 1. The van der Waals surface area contributed by atoms with Gasteiger partial charge in [0.1, 0.15) is 5.60 Å². The van der Waals surface area contributed by atoms with Crippen LogP contribution in [0.3, 0.4) is 0 Å². The molecule has 1 saturated heterocycles. The highest BCUT2D eigenvalue weighted by Crippen LogP contribution is 2.23. The summed E-state index contributed by atoms with van der Waals surface area (Å²) < 4.78 is 5.14. The van der Waals surface area contributed by atoms with Crippen molar-refractivity contribution in [3.8, 4) is 0 Å². The molecule has 0 spiro atoms. The summed E-state index contributed by atoms with van der Waals surface area (Å²) in [7, 11) is 0. The van der Waals surface area contributed by atoms with E-state index in [9.17, 15) is 14.4 Å². The number of amides is 2. The minimum absolute atomic E-state index is 0.00760. The number of hydrogen-bond acceptors (Lipinski definition) is 6. The van der Waals surface area contributed by atoms with Crippen LogP contribution in [0.15, 0.2) is 10.9 Å². The van der Waals surface area contributed by atoms with E-state index in [1.807, 2.05) is 6.92 Å². The van der Waals surface area contributed by atoms with E-state index >= 15 is 0 Å². The Kier molecular flexibility index (Phi) is 6.81. The fourth-order valence-electron chi connectivity index (χ4n) is 2.97. The summed E-state index contributed by atoms with van der Waals surface area (Å²) in [5, 5.41) is 12.0. The zero-order valence-electron chi connectivity index (χ0n) is 16.4. The van der Waals surface area contributed by atoms with E-state index in [1.165, 1.54) is 6.07 Å². The number of nitrogens with zero attached hydrogens (tertiary/aromatic N) is 2.